The molecule has 14 heteroatoms. The fourth-order valence-corrected chi connectivity index (χ4v) is 4.64. The van der Waals surface area contributed by atoms with Crippen molar-refractivity contribution in [1.82, 2.24) is 24.8 Å². The van der Waals surface area contributed by atoms with Gasteiger partial charge in [-0.25, -0.2) is 15.0 Å². The lowest BCUT2D eigenvalue weighted by molar-refractivity contribution is -0.137. The van der Waals surface area contributed by atoms with Crippen molar-refractivity contribution >= 4 is 51.6 Å². The maximum atomic E-state index is 13.1. The summed E-state index contributed by atoms with van der Waals surface area (Å²) in [4.78, 5) is 37.8. The van der Waals surface area contributed by atoms with Gasteiger partial charge >= 0.3 is 6.18 Å². The number of thiazole rings is 1. The topological polar surface area (TPSA) is 122 Å². The van der Waals surface area contributed by atoms with Crippen LogP contribution in [0.25, 0.3) is 11.0 Å². The SMILES string of the molecule is Cc1nc2cc(C(=O)N[C@H](C)c3ncc(C(=O)Nc4cc(C(F)(F)F)c(Cl)cn4)s3)ccc2n1CCO. The van der Waals surface area contributed by atoms with E-state index in [-0.39, 0.29) is 23.2 Å². The number of anilines is 1. The van der Waals surface area contributed by atoms with Crippen molar-refractivity contribution in [2.45, 2.75) is 32.6 Å². The number of carbonyl (C=O) groups is 2. The van der Waals surface area contributed by atoms with E-state index in [9.17, 15) is 27.9 Å². The third-order valence-electron chi connectivity index (χ3n) is 5.39. The van der Waals surface area contributed by atoms with Gasteiger partial charge in [-0.2, -0.15) is 13.2 Å². The predicted molar refractivity (Wildman–Crippen MR) is 132 cm³/mol. The van der Waals surface area contributed by atoms with Crippen molar-refractivity contribution in [3.63, 3.8) is 0 Å². The van der Waals surface area contributed by atoms with Gasteiger partial charge in [-0.3, -0.25) is 9.59 Å². The number of aliphatic hydroxyl groups excluding tert-OH is 1. The summed E-state index contributed by atoms with van der Waals surface area (Å²) in [5.41, 5.74) is 0.666. The van der Waals surface area contributed by atoms with Gasteiger partial charge in [0, 0.05) is 18.3 Å². The molecular weight excluding hydrogens is 533 g/mol. The van der Waals surface area contributed by atoms with Gasteiger partial charge in [0.2, 0.25) is 0 Å². The van der Waals surface area contributed by atoms with Gasteiger partial charge in [-0.1, -0.05) is 11.6 Å². The summed E-state index contributed by atoms with van der Waals surface area (Å²) in [7, 11) is 0. The van der Waals surface area contributed by atoms with E-state index < -0.39 is 28.7 Å². The van der Waals surface area contributed by atoms with E-state index in [1.54, 1.807) is 25.1 Å². The van der Waals surface area contributed by atoms with Crippen molar-refractivity contribution in [3.8, 4) is 0 Å². The molecule has 0 aliphatic heterocycles. The van der Waals surface area contributed by atoms with Crippen molar-refractivity contribution in [3.05, 3.63) is 68.5 Å². The molecule has 0 saturated carbocycles. The fraction of sp³-hybridized carbons (Fsp3) is 0.261. The molecule has 0 radical (unpaired) electrons. The molecule has 0 saturated heterocycles. The average molecular weight is 553 g/mol. The first-order valence-electron chi connectivity index (χ1n) is 10.9. The number of carbonyl (C=O) groups excluding carboxylic acids is 2. The van der Waals surface area contributed by atoms with E-state index >= 15 is 0 Å². The summed E-state index contributed by atoms with van der Waals surface area (Å²) >= 11 is 6.53. The largest absolute Gasteiger partial charge is 0.418 e. The van der Waals surface area contributed by atoms with Crippen LogP contribution >= 0.6 is 22.9 Å². The molecule has 0 aliphatic rings. The van der Waals surface area contributed by atoms with Crippen LogP contribution in [0.15, 0.2) is 36.7 Å². The Morgan fingerprint density at radius 1 is 1.19 bits per heavy atom. The Labute approximate surface area is 217 Å². The molecule has 1 atom stereocenters. The van der Waals surface area contributed by atoms with E-state index in [1.807, 2.05) is 11.5 Å². The number of fused-ring (bicyclic) bond motifs is 1. The second-order valence-corrected chi connectivity index (χ2v) is 9.47. The molecule has 4 aromatic rings. The molecule has 4 rings (SSSR count). The van der Waals surface area contributed by atoms with Crippen LogP contribution in [-0.2, 0) is 12.7 Å². The van der Waals surface area contributed by atoms with E-state index in [4.69, 9.17) is 11.6 Å². The first-order valence-corrected chi connectivity index (χ1v) is 12.1. The highest BCUT2D eigenvalue weighted by Crippen LogP contribution is 2.35. The highest BCUT2D eigenvalue weighted by atomic mass is 35.5. The zero-order valence-corrected chi connectivity index (χ0v) is 21.0. The molecule has 0 aliphatic carbocycles. The van der Waals surface area contributed by atoms with Crippen LogP contribution in [0.1, 0.15) is 49.4 Å². The van der Waals surface area contributed by atoms with Crippen LogP contribution in [-0.4, -0.2) is 43.0 Å². The molecule has 2 amide bonds. The second kappa shape index (κ2) is 10.4. The van der Waals surface area contributed by atoms with Crippen molar-refractivity contribution < 1.29 is 27.9 Å². The van der Waals surface area contributed by atoms with Crippen LogP contribution < -0.4 is 10.6 Å². The van der Waals surface area contributed by atoms with Gasteiger partial charge in [0.25, 0.3) is 11.8 Å². The molecule has 37 heavy (non-hydrogen) atoms. The molecule has 3 heterocycles. The minimum Gasteiger partial charge on any atom is -0.395 e. The Morgan fingerprint density at radius 2 is 1.95 bits per heavy atom. The van der Waals surface area contributed by atoms with Crippen LogP contribution in [0.4, 0.5) is 19.0 Å². The van der Waals surface area contributed by atoms with Gasteiger partial charge in [0.05, 0.1) is 40.5 Å². The predicted octanol–water partition coefficient (Wildman–Crippen LogP) is 4.60. The molecule has 0 fully saturated rings. The molecule has 3 N–H and O–H groups in total. The first kappa shape index (κ1) is 26.5. The van der Waals surface area contributed by atoms with Crippen LogP contribution in [0.5, 0.6) is 0 Å². The number of rotatable bonds is 7. The zero-order chi connectivity index (χ0) is 26.9. The van der Waals surface area contributed by atoms with E-state index in [1.165, 1.54) is 6.20 Å². The summed E-state index contributed by atoms with van der Waals surface area (Å²) in [6.45, 7) is 3.85. The number of amides is 2. The highest BCUT2D eigenvalue weighted by molar-refractivity contribution is 7.13. The monoisotopic (exact) mass is 552 g/mol. The molecule has 0 spiro atoms. The Hall–Kier alpha value is -3.55. The van der Waals surface area contributed by atoms with Gasteiger partial charge in [0.15, 0.2) is 0 Å². The second-order valence-electron chi connectivity index (χ2n) is 8.00. The fourth-order valence-electron chi connectivity index (χ4n) is 3.61. The maximum absolute atomic E-state index is 13.1. The number of halogens is 4. The number of pyridine rings is 1. The Balaban J connectivity index is 1.44. The number of benzene rings is 1. The third-order valence-corrected chi connectivity index (χ3v) is 6.87. The maximum Gasteiger partial charge on any atom is 0.418 e. The molecular formula is C23H20ClF3N6O3S. The summed E-state index contributed by atoms with van der Waals surface area (Å²) < 4.78 is 41.0. The van der Waals surface area contributed by atoms with Gasteiger partial charge < -0.3 is 20.3 Å². The Bertz CT molecular complexity index is 1490. The summed E-state index contributed by atoms with van der Waals surface area (Å²) in [5.74, 6) is -0.684. The van der Waals surface area contributed by atoms with E-state index in [0.717, 1.165) is 23.1 Å². The Morgan fingerprint density at radius 3 is 2.65 bits per heavy atom. The van der Waals surface area contributed by atoms with Crippen molar-refractivity contribution in [1.29, 1.82) is 0 Å². The molecule has 9 nitrogen and oxygen atoms in total. The quantitative estimate of drug-likeness (QED) is 0.308. The highest BCUT2D eigenvalue weighted by Gasteiger charge is 2.34. The minimum atomic E-state index is -4.70. The van der Waals surface area contributed by atoms with E-state index in [0.29, 0.717) is 34.5 Å². The number of aromatic nitrogens is 4. The number of aryl methyl sites for hydroxylation is 1. The van der Waals surface area contributed by atoms with Gasteiger partial charge in [0.1, 0.15) is 21.5 Å². The molecule has 194 valence electrons. The van der Waals surface area contributed by atoms with Crippen LogP contribution in [0.2, 0.25) is 5.02 Å². The minimum absolute atomic E-state index is 0.0370. The normalized spacial score (nSPS) is 12.5. The van der Waals surface area contributed by atoms with Crippen molar-refractivity contribution in [2.75, 3.05) is 11.9 Å². The number of aliphatic hydroxyl groups is 1. The standard InChI is InChI=1S/C23H20ClF3N6O3S/c1-11(30-20(35)13-3-4-17-16(7-13)31-12(2)33(17)5-6-34)22-29-10-18(37-22)21(36)32-19-8-14(23(25,26)27)15(24)9-28-19/h3-4,7-11,34H,5-6H2,1-2H3,(H,30,35)(H,28,32,36)/t11-/m1/s1. The lowest BCUT2D eigenvalue weighted by atomic mass is 10.1. The van der Waals surface area contributed by atoms with Gasteiger partial charge in [-0.05, 0) is 38.1 Å². The molecule has 0 unspecified atom stereocenters. The number of imidazole rings is 1. The third kappa shape index (κ3) is 5.73. The number of nitrogens with one attached hydrogen (secondary N) is 2. The number of alkyl halides is 3. The molecule has 1 aromatic carbocycles. The van der Waals surface area contributed by atoms with Crippen LogP contribution in [0.3, 0.4) is 0 Å². The number of nitrogens with zero attached hydrogens (tertiary/aromatic N) is 4. The number of hydrogen-bond donors (Lipinski definition) is 3. The van der Waals surface area contributed by atoms with Gasteiger partial charge in [-0.15, -0.1) is 11.3 Å². The van der Waals surface area contributed by atoms with Crippen molar-refractivity contribution in [2.24, 2.45) is 0 Å². The van der Waals surface area contributed by atoms with E-state index in [2.05, 4.69) is 25.6 Å². The first-order chi connectivity index (χ1) is 17.5. The summed E-state index contributed by atoms with van der Waals surface area (Å²) in [6.07, 6.45) is -2.62. The smallest absolute Gasteiger partial charge is 0.395 e. The average Bonchev–Trinajstić information content (AvgIpc) is 3.45. The zero-order valence-electron chi connectivity index (χ0n) is 19.4. The molecule has 0 bridgehead atoms. The number of hydrogen-bond acceptors (Lipinski definition) is 7. The summed E-state index contributed by atoms with van der Waals surface area (Å²) in [5, 5.41) is 14.2. The Kier molecular flexibility index (Phi) is 7.48. The summed E-state index contributed by atoms with van der Waals surface area (Å²) in [6, 6.07) is 5.14. The molecule has 3 aromatic heterocycles. The lowest BCUT2D eigenvalue weighted by Crippen LogP contribution is -2.26. The van der Waals surface area contributed by atoms with Crippen LogP contribution in [0, 0.1) is 6.92 Å². The lowest BCUT2D eigenvalue weighted by Gasteiger charge is -2.11.